The summed E-state index contributed by atoms with van der Waals surface area (Å²) in [5.41, 5.74) is 3.23. The minimum Gasteiger partial charge on any atom is -0.474 e. The van der Waals surface area contributed by atoms with Gasteiger partial charge in [-0.1, -0.05) is 12.7 Å². The Hall–Kier alpha value is -3.83. The largest absolute Gasteiger partial charge is 0.474 e. The lowest BCUT2D eigenvalue weighted by Crippen LogP contribution is -2.48. The number of amides is 2. The van der Waals surface area contributed by atoms with Gasteiger partial charge in [0.2, 0.25) is 5.88 Å². The van der Waals surface area contributed by atoms with Crippen molar-refractivity contribution in [2.75, 3.05) is 48.5 Å². The molecule has 2 aromatic rings. The van der Waals surface area contributed by atoms with Crippen LogP contribution in [0.5, 0.6) is 5.88 Å². The number of carbonyl (C=O) groups excluding carboxylic acids is 1. The molecule has 11 heteroatoms. The fourth-order valence-corrected chi connectivity index (χ4v) is 4.04. The van der Waals surface area contributed by atoms with Gasteiger partial charge in [-0.3, -0.25) is 20.2 Å². The van der Waals surface area contributed by atoms with Gasteiger partial charge in [0.25, 0.3) is 0 Å². The molecular formula is C24H29N7O4. The van der Waals surface area contributed by atoms with E-state index < -0.39 is 12.7 Å². The molecule has 2 atom stereocenters. The molecule has 1 saturated heterocycles. The highest BCUT2D eigenvalue weighted by Crippen LogP contribution is 2.39. The number of rotatable bonds is 8. The Labute approximate surface area is 203 Å². The zero-order chi connectivity index (χ0) is 24.9. The molecule has 2 amide bonds. The van der Waals surface area contributed by atoms with E-state index >= 15 is 0 Å². The Morgan fingerprint density at radius 1 is 1.40 bits per heavy atom. The number of aliphatic imine (C=N–C) groups is 1. The van der Waals surface area contributed by atoms with E-state index in [0.717, 1.165) is 36.5 Å². The van der Waals surface area contributed by atoms with Crippen LogP contribution in [-0.4, -0.2) is 82.4 Å². The molecule has 184 valence electrons. The van der Waals surface area contributed by atoms with Crippen LogP contribution in [0.3, 0.4) is 0 Å². The van der Waals surface area contributed by atoms with E-state index in [4.69, 9.17) is 14.8 Å². The number of hydrogen-bond donors (Lipinski definition) is 3. The van der Waals surface area contributed by atoms with Crippen molar-refractivity contribution in [2.24, 2.45) is 4.99 Å². The molecule has 0 unspecified atom stereocenters. The highest BCUT2D eigenvalue weighted by Gasteiger charge is 2.40. The van der Waals surface area contributed by atoms with Gasteiger partial charge in [0.05, 0.1) is 36.4 Å². The first-order valence-electron chi connectivity index (χ1n) is 11.3. The molecule has 1 fully saturated rings. The van der Waals surface area contributed by atoms with E-state index in [-0.39, 0.29) is 30.4 Å². The van der Waals surface area contributed by atoms with Gasteiger partial charge in [-0.05, 0) is 31.6 Å². The number of nitrogens with one attached hydrogen (secondary N) is 1. The molecular weight excluding hydrogens is 450 g/mol. The number of allylic oxidation sites excluding steroid dienone is 3. The van der Waals surface area contributed by atoms with Crippen LogP contribution >= 0.6 is 0 Å². The quantitative estimate of drug-likeness (QED) is 0.386. The van der Waals surface area contributed by atoms with Crippen LogP contribution in [0.4, 0.5) is 22.1 Å². The standard InChI is InChI=1S/C24H29N7O4/c1-4-16(9-15(2)25-3)19-5-6-20-23(27-19)31(17-7-8-30(20)12-17)24(34)29-21-10-26-11-22(28-21)35-14-18(33)13-32/h4-6,9-11,17-18,32-33H,1,7-8,12-14H2,2-3H3,(H,28,29,34)/b16-9+,25-15?/t17-,18-/m0/s1. The van der Waals surface area contributed by atoms with Crippen LogP contribution in [0, 0.1) is 0 Å². The maximum absolute atomic E-state index is 13.4. The van der Waals surface area contributed by atoms with Crippen LogP contribution < -0.4 is 19.9 Å². The first kappa shape index (κ1) is 24.3. The van der Waals surface area contributed by atoms with Gasteiger partial charge >= 0.3 is 6.03 Å². The molecule has 2 aromatic heterocycles. The summed E-state index contributed by atoms with van der Waals surface area (Å²) >= 11 is 0. The number of aliphatic hydroxyl groups is 2. The number of ether oxygens (including phenoxy) is 1. The topological polar surface area (TPSA) is 136 Å². The lowest BCUT2D eigenvalue weighted by atomic mass is 10.1. The van der Waals surface area contributed by atoms with Gasteiger partial charge in [0, 0.05) is 31.4 Å². The normalized spacial score (nSPS) is 18.2. The molecule has 4 heterocycles. The van der Waals surface area contributed by atoms with Crippen LogP contribution in [0.25, 0.3) is 5.57 Å². The maximum atomic E-state index is 13.4. The summed E-state index contributed by atoms with van der Waals surface area (Å²) in [5.74, 6) is 0.889. The summed E-state index contributed by atoms with van der Waals surface area (Å²) in [6, 6.07) is 3.50. The van der Waals surface area contributed by atoms with Crippen molar-refractivity contribution in [2.45, 2.75) is 25.5 Å². The predicted octanol–water partition coefficient (Wildman–Crippen LogP) is 1.89. The summed E-state index contributed by atoms with van der Waals surface area (Å²) in [6.45, 7) is 6.79. The Kier molecular flexibility index (Phi) is 7.37. The average Bonchev–Trinajstić information content (AvgIpc) is 3.29. The van der Waals surface area contributed by atoms with E-state index in [1.54, 1.807) is 18.0 Å². The van der Waals surface area contributed by atoms with Crippen molar-refractivity contribution in [1.82, 2.24) is 15.0 Å². The molecule has 0 aromatic carbocycles. The minimum atomic E-state index is -1.03. The van der Waals surface area contributed by atoms with E-state index in [1.807, 2.05) is 25.1 Å². The van der Waals surface area contributed by atoms with Gasteiger partial charge in [0.15, 0.2) is 11.6 Å². The monoisotopic (exact) mass is 479 g/mol. The van der Waals surface area contributed by atoms with Crippen LogP contribution in [0.1, 0.15) is 19.0 Å². The maximum Gasteiger partial charge on any atom is 0.329 e. The third kappa shape index (κ3) is 5.31. The molecule has 0 spiro atoms. The molecule has 0 aliphatic carbocycles. The van der Waals surface area contributed by atoms with Gasteiger partial charge in [-0.25, -0.2) is 9.78 Å². The van der Waals surface area contributed by atoms with Gasteiger partial charge in [-0.2, -0.15) is 4.98 Å². The number of hydrogen-bond acceptors (Lipinski definition) is 9. The van der Waals surface area contributed by atoms with Crippen LogP contribution in [-0.2, 0) is 0 Å². The van der Waals surface area contributed by atoms with E-state index in [0.29, 0.717) is 11.5 Å². The predicted molar refractivity (Wildman–Crippen MR) is 134 cm³/mol. The van der Waals surface area contributed by atoms with Crippen molar-refractivity contribution in [3.63, 3.8) is 0 Å². The zero-order valence-corrected chi connectivity index (χ0v) is 19.8. The number of fused-ring (bicyclic) bond motifs is 4. The lowest BCUT2D eigenvalue weighted by molar-refractivity contribution is 0.0520. The summed E-state index contributed by atoms with van der Waals surface area (Å²) < 4.78 is 5.33. The second kappa shape index (κ2) is 10.6. The number of urea groups is 1. The second-order valence-corrected chi connectivity index (χ2v) is 8.29. The molecule has 35 heavy (non-hydrogen) atoms. The Balaban J connectivity index is 1.61. The highest BCUT2D eigenvalue weighted by atomic mass is 16.5. The summed E-state index contributed by atoms with van der Waals surface area (Å²) in [6.07, 6.45) is 6.18. The van der Waals surface area contributed by atoms with Crippen molar-refractivity contribution in [3.8, 4) is 5.88 Å². The highest BCUT2D eigenvalue weighted by molar-refractivity contribution is 6.05. The Morgan fingerprint density at radius 2 is 2.23 bits per heavy atom. The Morgan fingerprint density at radius 3 is 2.97 bits per heavy atom. The number of carbonyl (C=O) groups is 1. The van der Waals surface area contributed by atoms with Gasteiger partial charge < -0.3 is 19.8 Å². The fourth-order valence-electron chi connectivity index (χ4n) is 4.04. The summed E-state index contributed by atoms with van der Waals surface area (Å²) in [7, 11) is 1.72. The van der Waals surface area contributed by atoms with Gasteiger partial charge in [-0.15, -0.1) is 0 Å². The lowest BCUT2D eigenvalue weighted by Gasteiger charge is -2.35. The third-order valence-corrected chi connectivity index (χ3v) is 5.89. The molecule has 4 rings (SSSR count). The van der Waals surface area contributed by atoms with Crippen LogP contribution in [0.15, 0.2) is 48.2 Å². The van der Waals surface area contributed by atoms with Gasteiger partial charge in [0.1, 0.15) is 12.7 Å². The summed E-state index contributed by atoms with van der Waals surface area (Å²) in [5, 5.41) is 21.2. The first-order valence-corrected chi connectivity index (χ1v) is 11.3. The number of aromatic nitrogens is 3. The number of pyridine rings is 1. The van der Waals surface area contributed by atoms with Crippen molar-refractivity contribution < 1.29 is 19.7 Å². The smallest absolute Gasteiger partial charge is 0.329 e. The van der Waals surface area contributed by atoms with Crippen LogP contribution in [0.2, 0.25) is 0 Å². The summed E-state index contributed by atoms with van der Waals surface area (Å²) in [4.78, 5) is 34.6. The minimum absolute atomic E-state index is 0.0348. The van der Waals surface area contributed by atoms with E-state index in [2.05, 4.69) is 31.8 Å². The number of aliphatic hydroxyl groups excluding tert-OH is 2. The molecule has 2 aliphatic heterocycles. The SMILES string of the molecule is C=C/C(=C\C(C)=NC)c1ccc2c(n1)N(C(=O)Nc1cncc(OC[C@@H](O)CO)n1)[C@H]1CCN2C1. The fraction of sp³-hybridized carbons (Fsp3) is 0.375. The zero-order valence-electron chi connectivity index (χ0n) is 19.8. The van der Waals surface area contributed by atoms with Crippen molar-refractivity contribution in [1.29, 1.82) is 0 Å². The molecule has 2 aliphatic rings. The first-order chi connectivity index (χ1) is 16.9. The molecule has 2 bridgehead atoms. The Bertz CT molecular complexity index is 1170. The number of anilines is 3. The van der Waals surface area contributed by atoms with Crippen molar-refractivity contribution >= 4 is 34.6 Å². The number of nitrogens with zero attached hydrogens (tertiary/aromatic N) is 6. The van der Waals surface area contributed by atoms with Crippen molar-refractivity contribution in [3.05, 3.63) is 49.0 Å². The second-order valence-electron chi connectivity index (χ2n) is 8.29. The molecule has 11 nitrogen and oxygen atoms in total. The molecule has 3 N–H and O–H groups in total. The molecule has 0 saturated carbocycles. The third-order valence-electron chi connectivity index (χ3n) is 5.89. The average molecular weight is 480 g/mol. The van der Waals surface area contributed by atoms with E-state index in [1.165, 1.54) is 12.4 Å². The molecule has 0 radical (unpaired) electrons. The van der Waals surface area contributed by atoms with E-state index in [9.17, 15) is 9.90 Å².